The van der Waals surface area contributed by atoms with E-state index >= 15 is 0 Å². The quantitative estimate of drug-likeness (QED) is 0.341. The van der Waals surface area contributed by atoms with Crippen molar-refractivity contribution in [2.45, 2.75) is 45.1 Å². The summed E-state index contributed by atoms with van der Waals surface area (Å²) in [6, 6.07) is 9.52. The first kappa shape index (κ1) is 24.8. The van der Waals surface area contributed by atoms with Crippen molar-refractivity contribution in [3.8, 4) is 0 Å². The van der Waals surface area contributed by atoms with Crippen molar-refractivity contribution in [2.75, 3.05) is 26.2 Å². The molecule has 3 atom stereocenters. The molecule has 2 aliphatic rings. The molecular weight excluding hydrogens is 397 g/mol. The maximum absolute atomic E-state index is 13.0. The third kappa shape index (κ3) is 6.78. The first-order chi connectivity index (χ1) is 13.8. The van der Waals surface area contributed by atoms with Crippen LogP contribution >= 0.6 is 0 Å². The van der Waals surface area contributed by atoms with Gasteiger partial charge < -0.3 is 24.9 Å². The average molecular weight is 425 g/mol. The average Bonchev–Trinajstić information content (AvgIpc) is 3.49. The van der Waals surface area contributed by atoms with Crippen LogP contribution in [0.5, 0.6) is 0 Å². The van der Waals surface area contributed by atoms with Crippen LogP contribution in [0.2, 0.25) is 0 Å². The molecule has 158 valence electrons. The summed E-state index contributed by atoms with van der Waals surface area (Å²) in [6.07, 6.45) is -1.80. The zero-order chi connectivity index (χ0) is 21.0. The van der Waals surface area contributed by atoms with Gasteiger partial charge in [-0.2, -0.15) is 0 Å². The van der Waals surface area contributed by atoms with E-state index < -0.39 is 30.1 Å². The summed E-state index contributed by atoms with van der Waals surface area (Å²) in [5.41, 5.74) is 1.24. The van der Waals surface area contributed by atoms with Gasteiger partial charge in [0.15, 0.2) is 6.10 Å². The van der Waals surface area contributed by atoms with Crippen LogP contribution in [0.4, 0.5) is 0 Å². The van der Waals surface area contributed by atoms with Crippen LogP contribution < -0.4 is 40.0 Å². The number of carbonyl (C=O) groups excluding carboxylic acids is 3. The Bertz CT molecular complexity index is 737. The molecule has 30 heavy (non-hydrogen) atoms. The van der Waals surface area contributed by atoms with Gasteiger partial charge >= 0.3 is 29.6 Å². The molecule has 1 N–H and O–H groups in total. The number of rotatable bonds is 8. The fourth-order valence-electron chi connectivity index (χ4n) is 3.63. The number of carboxylic acid groups (broad SMARTS) is 1. The normalized spacial score (nSPS) is 22.2. The van der Waals surface area contributed by atoms with Gasteiger partial charge in [0.25, 0.3) is 5.91 Å². The molecule has 2 fully saturated rings. The fourth-order valence-corrected chi connectivity index (χ4v) is 3.63. The van der Waals surface area contributed by atoms with Crippen LogP contribution in [0.1, 0.15) is 25.8 Å². The zero-order valence-corrected chi connectivity index (χ0v) is 19.9. The number of aliphatic carboxylic acids is 1. The van der Waals surface area contributed by atoms with Crippen LogP contribution in [0.25, 0.3) is 0 Å². The van der Waals surface area contributed by atoms with Gasteiger partial charge in [0.05, 0.1) is 5.97 Å². The van der Waals surface area contributed by atoms with Crippen molar-refractivity contribution >= 4 is 17.8 Å². The van der Waals surface area contributed by atoms with Gasteiger partial charge in [0, 0.05) is 32.7 Å². The second-order valence-corrected chi connectivity index (χ2v) is 8.07. The van der Waals surface area contributed by atoms with E-state index in [1.807, 2.05) is 32.0 Å². The van der Waals surface area contributed by atoms with Crippen molar-refractivity contribution in [1.29, 1.82) is 0 Å². The van der Waals surface area contributed by atoms with Crippen molar-refractivity contribution in [3.63, 3.8) is 0 Å². The molecule has 0 saturated carbocycles. The van der Waals surface area contributed by atoms with E-state index in [1.54, 1.807) is 4.90 Å². The van der Waals surface area contributed by atoms with E-state index in [0.29, 0.717) is 19.5 Å². The van der Waals surface area contributed by atoms with Gasteiger partial charge in [0.1, 0.15) is 12.1 Å². The Morgan fingerprint density at radius 1 is 1.10 bits per heavy atom. The molecule has 2 amide bonds. The predicted molar refractivity (Wildman–Crippen MR) is 103 cm³/mol. The molecule has 0 radical (unpaired) electrons. The van der Waals surface area contributed by atoms with E-state index in [2.05, 4.69) is 22.3 Å². The van der Waals surface area contributed by atoms with E-state index in [9.17, 15) is 19.5 Å². The number of piperazine rings is 1. The minimum absolute atomic E-state index is 0. The van der Waals surface area contributed by atoms with Crippen LogP contribution in [0.3, 0.4) is 0 Å². The third-order valence-corrected chi connectivity index (χ3v) is 5.24. The van der Waals surface area contributed by atoms with E-state index in [1.165, 1.54) is 5.56 Å². The zero-order valence-electron chi connectivity index (χ0n) is 17.9. The molecule has 1 aromatic carbocycles. The predicted octanol–water partition coefficient (Wildman–Crippen LogP) is -3.62. The Hall–Kier alpha value is -1.45. The summed E-state index contributed by atoms with van der Waals surface area (Å²) in [5.74, 6) is -1.91. The Morgan fingerprint density at radius 2 is 1.73 bits per heavy atom. The van der Waals surface area contributed by atoms with Crippen LogP contribution in [0.15, 0.2) is 30.3 Å². The van der Waals surface area contributed by atoms with Crippen molar-refractivity contribution in [2.24, 2.45) is 5.92 Å². The number of carbonyl (C=O) groups is 3. The summed E-state index contributed by atoms with van der Waals surface area (Å²) in [6.45, 7) is 7.51. The second-order valence-electron chi connectivity index (χ2n) is 8.07. The monoisotopic (exact) mass is 425 g/mol. The molecule has 0 aromatic heterocycles. The molecule has 3 rings (SSSR count). The molecule has 2 heterocycles. The number of benzene rings is 1. The number of carboxylic acids is 1. The Kier molecular flexibility index (Phi) is 9.31. The van der Waals surface area contributed by atoms with E-state index in [0.717, 1.165) is 19.6 Å². The van der Waals surface area contributed by atoms with Gasteiger partial charge in [-0.3, -0.25) is 14.5 Å². The van der Waals surface area contributed by atoms with E-state index in [4.69, 9.17) is 4.74 Å². The first-order valence-corrected chi connectivity index (χ1v) is 10.1. The van der Waals surface area contributed by atoms with Gasteiger partial charge in [-0.1, -0.05) is 44.2 Å². The molecule has 2 saturated heterocycles. The standard InChI is InChI=1S/C21H29N3O5.Na/c1-14(2)12-16(22-19(25)17-18(29-17)21(27)28)20(26)24-10-8-23(9-11-24)13-15-6-4-3-5-7-15;/h3-7,14,16-18H,8-13H2,1-2H3,(H,22,25)(H,27,28);/q;+1/p-1/t16-,17-,18-;/m0./s1. The summed E-state index contributed by atoms with van der Waals surface area (Å²) in [5, 5.41) is 13.5. The Labute approximate surface area is 199 Å². The topological polar surface area (TPSA) is 105 Å². The first-order valence-electron chi connectivity index (χ1n) is 10.1. The van der Waals surface area contributed by atoms with Gasteiger partial charge in [-0.25, -0.2) is 0 Å². The summed E-state index contributed by atoms with van der Waals surface area (Å²) in [7, 11) is 0. The van der Waals surface area contributed by atoms with E-state index in [-0.39, 0.29) is 41.4 Å². The SMILES string of the molecule is CC(C)C[C@H](NC(=O)[C@H]1O[C@@H]1C(=O)[O-])C(=O)N1CCN(Cc2ccccc2)CC1.[Na+]. The number of hydrogen-bond acceptors (Lipinski definition) is 6. The summed E-state index contributed by atoms with van der Waals surface area (Å²) in [4.78, 5) is 40.1. The molecule has 9 heteroatoms. The molecule has 0 aliphatic carbocycles. The van der Waals surface area contributed by atoms with Gasteiger partial charge in [-0.15, -0.1) is 0 Å². The summed E-state index contributed by atoms with van der Waals surface area (Å²) < 4.78 is 4.84. The van der Waals surface area contributed by atoms with Crippen molar-refractivity contribution in [1.82, 2.24) is 15.1 Å². The maximum atomic E-state index is 13.0. The molecule has 0 bridgehead atoms. The number of nitrogens with one attached hydrogen (secondary N) is 1. The fraction of sp³-hybridized carbons (Fsp3) is 0.571. The minimum Gasteiger partial charge on any atom is -0.547 e. The van der Waals surface area contributed by atoms with Crippen molar-refractivity contribution < 1.29 is 53.8 Å². The second kappa shape index (κ2) is 11.2. The number of epoxide rings is 1. The molecule has 0 unspecified atom stereocenters. The molecule has 2 aliphatic heterocycles. The number of nitrogens with zero attached hydrogens (tertiary/aromatic N) is 2. The van der Waals surface area contributed by atoms with Gasteiger partial charge in [0.2, 0.25) is 5.91 Å². The third-order valence-electron chi connectivity index (χ3n) is 5.24. The summed E-state index contributed by atoms with van der Waals surface area (Å²) >= 11 is 0. The smallest absolute Gasteiger partial charge is 0.547 e. The number of amides is 2. The molecule has 8 nitrogen and oxygen atoms in total. The molecule has 1 aromatic rings. The number of ether oxygens (including phenoxy) is 1. The van der Waals surface area contributed by atoms with Crippen LogP contribution in [-0.2, 0) is 25.7 Å². The van der Waals surface area contributed by atoms with Crippen LogP contribution in [-0.4, -0.2) is 72.0 Å². The van der Waals surface area contributed by atoms with Gasteiger partial charge in [-0.05, 0) is 17.9 Å². The Morgan fingerprint density at radius 3 is 2.27 bits per heavy atom. The minimum atomic E-state index is -1.41. The largest absolute Gasteiger partial charge is 1.00 e. The maximum Gasteiger partial charge on any atom is 1.00 e. The Balaban J connectivity index is 0.00000320. The number of hydrogen-bond donors (Lipinski definition) is 1. The molecular formula is C21H28N3NaO5. The van der Waals surface area contributed by atoms with Crippen LogP contribution in [0, 0.1) is 5.92 Å². The van der Waals surface area contributed by atoms with Crippen molar-refractivity contribution in [3.05, 3.63) is 35.9 Å². The molecule has 0 spiro atoms.